The zero-order valence-corrected chi connectivity index (χ0v) is 11.6. The molecule has 106 valence electrons. The third kappa shape index (κ3) is 4.09. The highest BCUT2D eigenvalue weighted by atomic mass is 16.5. The van der Waals surface area contributed by atoms with E-state index >= 15 is 0 Å². The maximum atomic E-state index is 9.38. The van der Waals surface area contributed by atoms with Crippen molar-refractivity contribution in [3.05, 3.63) is 23.8 Å². The lowest BCUT2D eigenvalue weighted by atomic mass is 10.1. The van der Waals surface area contributed by atoms with E-state index in [-0.39, 0.29) is 11.8 Å². The summed E-state index contributed by atoms with van der Waals surface area (Å²) >= 11 is 0. The average Bonchev–Trinajstić information content (AvgIpc) is 2.75. The Bertz CT molecular complexity index is 410. The first-order valence-electron chi connectivity index (χ1n) is 6.58. The van der Waals surface area contributed by atoms with Crippen LogP contribution >= 0.6 is 0 Å². The second-order valence-corrected chi connectivity index (χ2v) is 4.96. The van der Waals surface area contributed by atoms with Gasteiger partial charge < -0.3 is 24.8 Å². The number of phenols is 1. The van der Waals surface area contributed by atoms with Gasteiger partial charge in [0.05, 0.1) is 19.3 Å². The third-order valence-corrected chi connectivity index (χ3v) is 3.10. The van der Waals surface area contributed by atoms with Crippen molar-refractivity contribution in [2.24, 2.45) is 0 Å². The molecule has 1 unspecified atom stereocenters. The molecule has 1 aliphatic heterocycles. The van der Waals surface area contributed by atoms with E-state index in [4.69, 9.17) is 9.47 Å². The summed E-state index contributed by atoms with van der Waals surface area (Å²) in [4.78, 5) is 2.10. The zero-order valence-electron chi connectivity index (χ0n) is 11.6. The number of nitrogens with one attached hydrogen (secondary N) is 1. The van der Waals surface area contributed by atoms with Crippen LogP contribution in [0.5, 0.6) is 11.5 Å². The van der Waals surface area contributed by atoms with Gasteiger partial charge in [-0.25, -0.2) is 0 Å². The van der Waals surface area contributed by atoms with E-state index in [1.807, 2.05) is 20.2 Å². The number of hydrogen-bond donors (Lipinski definition) is 2. The van der Waals surface area contributed by atoms with Crippen molar-refractivity contribution in [2.45, 2.75) is 6.04 Å². The summed E-state index contributed by atoms with van der Waals surface area (Å²) in [6.45, 7) is 3.78. The van der Waals surface area contributed by atoms with Crippen LogP contribution in [0, 0.1) is 0 Å². The molecule has 1 aliphatic rings. The van der Waals surface area contributed by atoms with E-state index in [1.165, 1.54) is 0 Å². The number of benzene rings is 1. The van der Waals surface area contributed by atoms with Crippen LogP contribution in [0.4, 0.5) is 0 Å². The van der Waals surface area contributed by atoms with Crippen molar-refractivity contribution in [2.75, 3.05) is 47.0 Å². The number of likely N-dealkylation sites (N-methyl/N-ethyl adjacent to an activating group) is 1. The first-order chi connectivity index (χ1) is 9.16. The molecule has 0 bridgehead atoms. The van der Waals surface area contributed by atoms with Gasteiger partial charge in [0.15, 0.2) is 0 Å². The van der Waals surface area contributed by atoms with Gasteiger partial charge in [-0.15, -0.1) is 0 Å². The smallest absolute Gasteiger partial charge is 0.127 e. The minimum Gasteiger partial charge on any atom is -0.508 e. The van der Waals surface area contributed by atoms with Crippen molar-refractivity contribution >= 4 is 0 Å². The molecule has 1 aromatic carbocycles. The van der Waals surface area contributed by atoms with E-state index in [2.05, 4.69) is 10.2 Å². The number of phenolic OH excluding ortho intramolecular Hbond substituents is 1. The molecule has 5 heteroatoms. The van der Waals surface area contributed by atoms with Crippen molar-refractivity contribution in [3.63, 3.8) is 0 Å². The number of rotatable bonds is 7. The zero-order chi connectivity index (χ0) is 13.7. The SMILES string of the molecule is CN(C)CCOCCNC1COc2cc(O)ccc21. The van der Waals surface area contributed by atoms with Gasteiger partial charge in [0.25, 0.3) is 0 Å². The second-order valence-electron chi connectivity index (χ2n) is 4.96. The van der Waals surface area contributed by atoms with Gasteiger partial charge in [-0.05, 0) is 26.2 Å². The molecule has 19 heavy (non-hydrogen) atoms. The largest absolute Gasteiger partial charge is 0.508 e. The third-order valence-electron chi connectivity index (χ3n) is 3.10. The molecular formula is C14H22N2O3. The highest BCUT2D eigenvalue weighted by Crippen LogP contribution is 2.34. The Labute approximate surface area is 114 Å². The van der Waals surface area contributed by atoms with Crippen LogP contribution < -0.4 is 10.1 Å². The quantitative estimate of drug-likeness (QED) is 0.721. The van der Waals surface area contributed by atoms with Crippen LogP contribution in [0.25, 0.3) is 0 Å². The minimum atomic E-state index is 0.188. The fourth-order valence-corrected chi connectivity index (χ4v) is 2.02. The topological polar surface area (TPSA) is 54.0 Å². The summed E-state index contributed by atoms with van der Waals surface area (Å²) in [5.74, 6) is 1.01. The van der Waals surface area contributed by atoms with Crippen molar-refractivity contribution in [1.82, 2.24) is 10.2 Å². The number of aromatic hydroxyl groups is 1. The molecule has 0 spiro atoms. The Balaban J connectivity index is 1.69. The predicted octanol–water partition coefficient (Wildman–Crippen LogP) is 0.993. The van der Waals surface area contributed by atoms with Gasteiger partial charge >= 0.3 is 0 Å². The summed E-state index contributed by atoms with van der Waals surface area (Å²) in [5, 5.41) is 12.8. The van der Waals surface area contributed by atoms with Gasteiger partial charge in [-0.3, -0.25) is 0 Å². The first kappa shape index (κ1) is 14.1. The Morgan fingerprint density at radius 1 is 1.42 bits per heavy atom. The van der Waals surface area contributed by atoms with Gasteiger partial charge in [0, 0.05) is 24.7 Å². The molecule has 1 atom stereocenters. The maximum absolute atomic E-state index is 9.38. The second kappa shape index (κ2) is 6.75. The van der Waals surface area contributed by atoms with Crippen LogP contribution in [-0.2, 0) is 4.74 Å². The lowest BCUT2D eigenvalue weighted by Gasteiger charge is -2.13. The van der Waals surface area contributed by atoms with E-state index in [1.54, 1.807) is 12.1 Å². The fraction of sp³-hybridized carbons (Fsp3) is 0.571. The minimum absolute atomic E-state index is 0.188. The van der Waals surface area contributed by atoms with E-state index in [0.29, 0.717) is 13.2 Å². The molecule has 2 N–H and O–H groups in total. The van der Waals surface area contributed by atoms with Crippen LogP contribution in [0.1, 0.15) is 11.6 Å². The standard InChI is InChI=1S/C14H22N2O3/c1-16(2)6-8-18-7-5-15-13-10-19-14-9-11(17)3-4-12(13)14/h3-4,9,13,15,17H,5-8,10H2,1-2H3. The highest BCUT2D eigenvalue weighted by Gasteiger charge is 2.23. The normalized spacial score (nSPS) is 17.5. The summed E-state index contributed by atoms with van der Waals surface area (Å²) in [5.41, 5.74) is 1.10. The average molecular weight is 266 g/mol. The molecule has 0 radical (unpaired) electrons. The Morgan fingerprint density at radius 2 is 2.26 bits per heavy atom. The summed E-state index contributed by atoms with van der Waals surface area (Å²) in [6.07, 6.45) is 0. The van der Waals surface area contributed by atoms with Crippen LogP contribution in [0.2, 0.25) is 0 Å². The first-order valence-corrected chi connectivity index (χ1v) is 6.58. The maximum Gasteiger partial charge on any atom is 0.127 e. The van der Waals surface area contributed by atoms with Crippen molar-refractivity contribution < 1.29 is 14.6 Å². The van der Waals surface area contributed by atoms with E-state index < -0.39 is 0 Å². The molecule has 0 fully saturated rings. The van der Waals surface area contributed by atoms with Crippen molar-refractivity contribution in [3.8, 4) is 11.5 Å². The molecule has 2 rings (SSSR count). The van der Waals surface area contributed by atoms with Gasteiger partial charge in [0.2, 0.25) is 0 Å². The molecular weight excluding hydrogens is 244 g/mol. The van der Waals surface area contributed by atoms with Crippen LogP contribution in [0.3, 0.4) is 0 Å². The predicted molar refractivity (Wildman–Crippen MR) is 73.7 cm³/mol. The lowest BCUT2D eigenvalue weighted by Crippen LogP contribution is -2.27. The highest BCUT2D eigenvalue weighted by molar-refractivity contribution is 5.44. The number of hydrogen-bond acceptors (Lipinski definition) is 5. The number of ether oxygens (including phenoxy) is 2. The van der Waals surface area contributed by atoms with Crippen molar-refractivity contribution in [1.29, 1.82) is 0 Å². The lowest BCUT2D eigenvalue weighted by molar-refractivity contribution is 0.116. The monoisotopic (exact) mass is 266 g/mol. The Hall–Kier alpha value is -1.30. The Morgan fingerprint density at radius 3 is 3.05 bits per heavy atom. The summed E-state index contributed by atoms with van der Waals surface area (Å²) in [7, 11) is 4.06. The molecule has 5 nitrogen and oxygen atoms in total. The van der Waals surface area contributed by atoms with Gasteiger partial charge in [0.1, 0.15) is 18.1 Å². The molecule has 1 aromatic rings. The molecule has 0 aromatic heterocycles. The van der Waals surface area contributed by atoms with Crippen LogP contribution in [0.15, 0.2) is 18.2 Å². The van der Waals surface area contributed by atoms with Gasteiger partial charge in [-0.1, -0.05) is 0 Å². The van der Waals surface area contributed by atoms with E-state index in [0.717, 1.165) is 31.0 Å². The summed E-state index contributed by atoms with van der Waals surface area (Å²) in [6, 6.07) is 5.44. The number of nitrogens with zero attached hydrogens (tertiary/aromatic N) is 1. The number of fused-ring (bicyclic) bond motifs is 1. The molecule has 0 aliphatic carbocycles. The summed E-state index contributed by atoms with van der Waals surface area (Å²) < 4.78 is 11.1. The van der Waals surface area contributed by atoms with Gasteiger partial charge in [-0.2, -0.15) is 0 Å². The molecule has 0 saturated carbocycles. The Kier molecular flexibility index (Phi) is 5.01. The van der Waals surface area contributed by atoms with E-state index in [9.17, 15) is 5.11 Å². The fourth-order valence-electron chi connectivity index (χ4n) is 2.02. The molecule has 1 heterocycles. The molecule has 0 amide bonds. The molecule has 0 saturated heterocycles. The van der Waals surface area contributed by atoms with Crippen LogP contribution in [-0.4, -0.2) is 57.0 Å².